The lowest BCUT2D eigenvalue weighted by Crippen LogP contribution is -2.48. The lowest BCUT2D eigenvalue weighted by Gasteiger charge is -2.23. The van der Waals surface area contributed by atoms with Crippen LogP contribution in [0.4, 0.5) is 5.69 Å². The van der Waals surface area contributed by atoms with Gasteiger partial charge >= 0.3 is 0 Å². The molecule has 0 heterocycles. The smallest absolute Gasteiger partial charge is 0.244 e. The molecule has 3 N–H and O–H groups in total. The third-order valence-corrected chi connectivity index (χ3v) is 3.67. The molecule has 0 atom stereocenters. The number of hydrogen-bond acceptors (Lipinski definition) is 2. The van der Waals surface area contributed by atoms with E-state index in [1.807, 2.05) is 32.0 Å². The predicted octanol–water partition coefficient (Wildman–Crippen LogP) is 2.51. The molecule has 0 aliphatic heterocycles. The van der Waals surface area contributed by atoms with Crippen LogP contribution in [0.2, 0.25) is 0 Å². The lowest BCUT2D eigenvalue weighted by atomic mass is 9.97. The Kier molecular flexibility index (Phi) is 3.20. The molecule has 3 nitrogen and oxygen atoms in total. The van der Waals surface area contributed by atoms with Crippen molar-refractivity contribution in [1.82, 2.24) is 0 Å². The van der Waals surface area contributed by atoms with Gasteiger partial charge in [0.15, 0.2) is 0 Å². The number of benzene rings is 1. The van der Waals surface area contributed by atoms with Crippen molar-refractivity contribution in [3.8, 4) is 0 Å². The zero-order chi connectivity index (χ0) is 12.5. The second kappa shape index (κ2) is 4.49. The minimum Gasteiger partial charge on any atom is -0.324 e. The maximum atomic E-state index is 12.2. The molecule has 17 heavy (non-hydrogen) atoms. The number of amides is 1. The van der Waals surface area contributed by atoms with E-state index in [1.165, 1.54) is 0 Å². The summed E-state index contributed by atoms with van der Waals surface area (Å²) in [5, 5.41) is 3.00. The van der Waals surface area contributed by atoms with Gasteiger partial charge in [0.1, 0.15) is 0 Å². The maximum absolute atomic E-state index is 12.2. The Morgan fingerprint density at radius 2 is 1.76 bits per heavy atom. The van der Waals surface area contributed by atoms with Crippen LogP contribution in [0.1, 0.15) is 36.8 Å². The number of nitrogens with one attached hydrogen (secondary N) is 1. The van der Waals surface area contributed by atoms with E-state index in [0.29, 0.717) is 0 Å². The van der Waals surface area contributed by atoms with Crippen LogP contribution in [0, 0.1) is 13.8 Å². The molecule has 0 unspecified atom stereocenters. The molecule has 1 fully saturated rings. The highest BCUT2D eigenvalue weighted by Gasteiger charge is 2.37. The second-order valence-electron chi connectivity index (χ2n) is 5.08. The van der Waals surface area contributed by atoms with Crippen molar-refractivity contribution in [3.05, 3.63) is 29.3 Å². The van der Waals surface area contributed by atoms with Crippen molar-refractivity contribution >= 4 is 11.6 Å². The number of aryl methyl sites for hydroxylation is 2. The maximum Gasteiger partial charge on any atom is 0.244 e. The van der Waals surface area contributed by atoms with Gasteiger partial charge in [-0.2, -0.15) is 0 Å². The van der Waals surface area contributed by atoms with Crippen LogP contribution in [0.15, 0.2) is 18.2 Å². The van der Waals surface area contributed by atoms with E-state index in [0.717, 1.165) is 42.5 Å². The first-order chi connectivity index (χ1) is 8.03. The van der Waals surface area contributed by atoms with E-state index in [4.69, 9.17) is 5.73 Å². The molecule has 1 amide bonds. The number of nitrogens with two attached hydrogens (primary N) is 1. The summed E-state index contributed by atoms with van der Waals surface area (Å²) in [6.07, 6.45) is 3.70. The molecule has 1 aromatic rings. The standard InChI is InChI=1S/C14H20N2O/c1-10-6-5-7-11(2)12(10)16-13(17)14(15)8-3-4-9-14/h5-7H,3-4,8-9,15H2,1-2H3,(H,16,17). The molecule has 0 radical (unpaired) electrons. The van der Waals surface area contributed by atoms with Crippen molar-refractivity contribution < 1.29 is 4.79 Å². The van der Waals surface area contributed by atoms with E-state index in [2.05, 4.69) is 5.32 Å². The summed E-state index contributed by atoms with van der Waals surface area (Å²) in [6.45, 7) is 4.00. The number of hydrogen-bond donors (Lipinski definition) is 2. The quantitative estimate of drug-likeness (QED) is 0.823. The molecule has 0 bridgehead atoms. The third kappa shape index (κ3) is 2.34. The first kappa shape index (κ1) is 12.1. The highest BCUT2D eigenvalue weighted by Crippen LogP contribution is 2.29. The molecule has 1 aromatic carbocycles. The highest BCUT2D eigenvalue weighted by molar-refractivity contribution is 5.99. The van der Waals surface area contributed by atoms with Gasteiger partial charge in [0.05, 0.1) is 5.54 Å². The van der Waals surface area contributed by atoms with Crippen molar-refractivity contribution in [2.75, 3.05) is 5.32 Å². The SMILES string of the molecule is Cc1cccc(C)c1NC(=O)C1(N)CCCC1. The fourth-order valence-electron chi connectivity index (χ4n) is 2.48. The number of anilines is 1. The van der Waals surface area contributed by atoms with Crippen LogP contribution < -0.4 is 11.1 Å². The van der Waals surface area contributed by atoms with Crippen LogP contribution in [0.5, 0.6) is 0 Å². The second-order valence-corrected chi connectivity index (χ2v) is 5.08. The molecular weight excluding hydrogens is 212 g/mol. The summed E-state index contributed by atoms with van der Waals surface area (Å²) in [5.41, 5.74) is 8.56. The molecular formula is C14H20N2O. The zero-order valence-electron chi connectivity index (χ0n) is 10.5. The summed E-state index contributed by atoms with van der Waals surface area (Å²) < 4.78 is 0. The van der Waals surface area contributed by atoms with Gasteiger partial charge < -0.3 is 11.1 Å². The van der Waals surface area contributed by atoms with Crippen molar-refractivity contribution in [2.45, 2.75) is 45.1 Å². The largest absolute Gasteiger partial charge is 0.324 e. The highest BCUT2D eigenvalue weighted by atomic mass is 16.2. The van der Waals surface area contributed by atoms with Gasteiger partial charge in [-0.05, 0) is 37.8 Å². The summed E-state index contributed by atoms with van der Waals surface area (Å²) in [7, 11) is 0. The van der Waals surface area contributed by atoms with E-state index in [9.17, 15) is 4.79 Å². The van der Waals surface area contributed by atoms with Crippen LogP contribution in [-0.4, -0.2) is 11.4 Å². The Bertz CT molecular complexity index is 414. The Labute approximate surface area is 102 Å². The van der Waals surface area contributed by atoms with E-state index < -0.39 is 5.54 Å². The van der Waals surface area contributed by atoms with Gasteiger partial charge in [-0.25, -0.2) is 0 Å². The molecule has 1 aliphatic rings. The van der Waals surface area contributed by atoms with Crippen LogP contribution in [0.3, 0.4) is 0 Å². The summed E-state index contributed by atoms with van der Waals surface area (Å²) in [4.78, 5) is 12.2. The summed E-state index contributed by atoms with van der Waals surface area (Å²) in [5.74, 6) is -0.0348. The molecule has 92 valence electrons. The Balaban J connectivity index is 2.18. The normalized spacial score (nSPS) is 18.1. The topological polar surface area (TPSA) is 55.1 Å². The van der Waals surface area contributed by atoms with E-state index in [-0.39, 0.29) is 5.91 Å². The molecule has 1 saturated carbocycles. The number of carbonyl (C=O) groups is 1. The van der Waals surface area contributed by atoms with Gasteiger partial charge in [-0.1, -0.05) is 31.0 Å². The monoisotopic (exact) mass is 232 g/mol. The Hall–Kier alpha value is -1.35. The Morgan fingerprint density at radius 3 is 2.29 bits per heavy atom. The van der Waals surface area contributed by atoms with Crippen LogP contribution in [-0.2, 0) is 4.79 Å². The number of para-hydroxylation sites is 1. The van der Waals surface area contributed by atoms with Crippen LogP contribution >= 0.6 is 0 Å². The number of rotatable bonds is 2. The first-order valence-corrected chi connectivity index (χ1v) is 6.19. The average Bonchev–Trinajstić information content (AvgIpc) is 2.72. The van der Waals surface area contributed by atoms with Gasteiger partial charge in [-0.15, -0.1) is 0 Å². The van der Waals surface area contributed by atoms with E-state index in [1.54, 1.807) is 0 Å². The van der Waals surface area contributed by atoms with Gasteiger partial charge in [-0.3, -0.25) is 4.79 Å². The summed E-state index contributed by atoms with van der Waals surface area (Å²) in [6, 6.07) is 6.00. The third-order valence-electron chi connectivity index (χ3n) is 3.67. The molecule has 0 saturated heterocycles. The molecule has 3 heteroatoms. The molecule has 2 rings (SSSR count). The molecule has 0 spiro atoms. The van der Waals surface area contributed by atoms with Crippen molar-refractivity contribution in [2.24, 2.45) is 5.73 Å². The fourth-order valence-corrected chi connectivity index (χ4v) is 2.48. The Morgan fingerprint density at radius 1 is 1.24 bits per heavy atom. The zero-order valence-corrected chi connectivity index (χ0v) is 10.5. The van der Waals surface area contributed by atoms with Crippen molar-refractivity contribution in [3.63, 3.8) is 0 Å². The van der Waals surface area contributed by atoms with Crippen molar-refractivity contribution in [1.29, 1.82) is 0 Å². The minimum atomic E-state index is -0.658. The fraction of sp³-hybridized carbons (Fsp3) is 0.500. The van der Waals surface area contributed by atoms with E-state index >= 15 is 0 Å². The molecule has 0 aromatic heterocycles. The molecule has 1 aliphatic carbocycles. The van der Waals surface area contributed by atoms with Gasteiger partial charge in [0.2, 0.25) is 5.91 Å². The lowest BCUT2D eigenvalue weighted by molar-refractivity contribution is -0.121. The first-order valence-electron chi connectivity index (χ1n) is 6.19. The van der Waals surface area contributed by atoms with Gasteiger partial charge in [0, 0.05) is 5.69 Å². The number of carbonyl (C=O) groups excluding carboxylic acids is 1. The van der Waals surface area contributed by atoms with Crippen LogP contribution in [0.25, 0.3) is 0 Å². The average molecular weight is 232 g/mol. The predicted molar refractivity (Wildman–Crippen MR) is 69.9 cm³/mol. The minimum absolute atomic E-state index is 0.0348. The van der Waals surface area contributed by atoms with Gasteiger partial charge in [0.25, 0.3) is 0 Å². The summed E-state index contributed by atoms with van der Waals surface area (Å²) >= 11 is 0.